The molecule has 0 aliphatic rings. The van der Waals surface area contributed by atoms with Crippen LogP contribution >= 0.6 is 22.9 Å². The Labute approximate surface area is 117 Å². The molecule has 1 aromatic carbocycles. The highest BCUT2D eigenvalue weighted by Gasteiger charge is 2.13. The summed E-state index contributed by atoms with van der Waals surface area (Å²) in [5.41, 5.74) is 3.33. The zero-order valence-corrected chi connectivity index (χ0v) is 12.3. The van der Waals surface area contributed by atoms with Crippen LogP contribution in [0, 0.1) is 13.8 Å². The van der Waals surface area contributed by atoms with E-state index >= 15 is 0 Å². The lowest BCUT2D eigenvalue weighted by molar-refractivity contribution is 0.224. The van der Waals surface area contributed by atoms with Crippen molar-refractivity contribution in [3.8, 4) is 5.75 Å². The molecule has 1 aromatic heterocycles. The second kappa shape index (κ2) is 5.72. The van der Waals surface area contributed by atoms with Crippen LogP contribution in [0.1, 0.15) is 34.9 Å². The van der Waals surface area contributed by atoms with Crippen LogP contribution < -0.4 is 4.74 Å². The van der Waals surface area contributed by atoms with Crippen molar-refractivity contribution in [3.63, 3.8) is 0 Å². The van der Waals surface area contributed by atoms with Gasteiger partial charge in [0, 0.05) is 5.38 Å². The van der Waals surface area contributed by atoms with Crippen molar-refractivity contribution >= 4 is 22.9 Å². The molecule has 2 aromatic rings. The van der Waals surface area contributed by atoms with Crippen molar-refractivity contribution in [3.05, 3.63) is 45.4 Å². The van der Waals surface area contributed by atoms with Gasteiger partial charge in [-0.3, -0.25) is 0 Å². The maximum atomic E-state index is 5.97. The summed E-state index contributed by atoms with van der Waals surface area (Å²) in [5, 5.41) is 2.94. The molecule has 0 bridgehead atoms. The molecule has 4 heteroatoms. The summed E-state index contributed by atoms with van der Waals surface area (Å²) in [7, 11) is 0. The first-order chi connectivity index (χ1) is 8.61. The van der Waals surface area contributed by atoms with Gasteiger partial charge in [-0.1, -0.05) is 12.1 Å². The Morgan fingerprint density at radius 1 is 1.39 bits per heavy atom. The molecular formula is C14H16ClNOS. The van der Waals surface area contributed by atoms with Crippen LogP contribution in [0.25, 0.3) is 0 Å². The van der Waals surface area contributed by atoms with E-state index in [1.54, 1.807) is 11.3 Å². The van der Waals surface area contributed by atoms with Crippen LogP contribution in [0.4, 0.5) is 0 Å². The van der Waals surface area contributed by atoms with Gasteiger partial charge in [0.25, 0.3) is 0 Å². The van der Waals surface area contributed by atoms with Crippen LogP contribution in [0.3, 0.4) is 0 Å². The van der Waals surface area contributed by atoms with E-state index < -0.39 is 0 Å². The van der Waals surface area contributed by atoms with Crippen molar-refractivity contribution in [1.82, 2.24) is 4.98 Å². The molecule has 0 radical (unpaired) electrons. The lowest BCUT2D eigenvalue weighted by Crippen LogP contribution is -2.04. The number of nitrogens with zero attached hydrogens (tertiary/aromatic N) is 1. The molecule has 0 spiro atoms. The second-order valence-corrected chi connectivity index (χ2v) is 5.43. The predicted molar refractivity (Wildman–Crippen MR) is 76.6 cm³/mol. The molecular weight excluding hydrogens is 266 g/mol. The van der Waals surface area contributed by atoms with Gasteiger partial charge in [0.2, 0.25) is 0 Å². The fourth-order valence-electron chi connectivity index (χ4n) is 1.66. The Balaban J connectivity index is 2.15. The highest BCUT2D eigenvalue weighted by Crippen LogP contribution is 2.28. The van der Waals surface area contributed by atoms with E-state index in [0.29, 0.717) is 5.88 Å². The number of ether oxygens (including phenoxy) is 1. The maximum absolute atomic E-state index is 5.97. The summed E-state index contributed by atoms with van der Waals surface area (Å²) in [4.78, 5) is 4.44. The minimum absolute atomic E-state index is 0.0486. The average molecular weight is 282 g/mol. The molecule has 2 nitrogen and oxygen atoms in total. The van der Waals surface area contributed by atoms with Gasteiger partial charge in [0.1, 0.15) is 16.9 Å². The van der Waals surface area contributed by atoms with E-state index in [2.05, 4.69) is 24.9 Å². The number of thiazole rings is 1. The van der Waals surface area contributed by atoms with E-state index in [0.717, 1.165) is 16.5 Å². The van der Waals surface area contributed by atoms with Crippen LogP contribution in [0.5, 0.6) is 5.75 Å². The van der Waals surface area contributed by atoms with E-state index in [-0.39, 0.29) is 6.10 Å². The third-order valence-corrected chi connectivity index (χ3v) is 4.24. The quantitative estimate of drug-likeness (QED) is 0.762. The normalized spacial score (nSPS) is 12.4. The van der Waals surface area contributed by atoms with Gasteiger partial charge in [-0.15, -0.1) is 22.9 Å². The molecule has 0 aliphatic heterocycles. The topological polar surface area (TPSA) is 22.1 Å². The van der Waals surface area contributed by atoms with Gasteiger partial charge in [0.05, 0.1) is 11.6 Å². The Kier molecular flexibility index (Phi) is 4.25. The van der Waals surface area contributed by atoms with Crippen LogP contribution in [-0.2, 0) is 5.88 Å². The highest BCUT2D eigenvalue weighted by atomic mass is 35.5. The number of aromatic nitrogens is 1. The third kappa shape index (κ3) is 2.85. The first-order valence-electron chi connectivity index (χ1n) is 5.85. The van der Waals surface area contributed by atoms with E-state index in [9.17, 15) is 0 Å². The number of hydrogen-bond acceptors (Lipinski definition) is 3. The average Bonchev–Trinajstić information content (AvgIpc) is 2.83. The molecule has 0 saturated heterocycles. The highest BCUT2D eigenvalue weighted by molar-refractivity contribution is 7.09. The van der Waals surface area contributed by atoms with Gasteiger partial charge in [-0.25, -0.2) is 4.98 Å². The SMILES string of the molecule is Cc1cccc(OC(C)c2nc(CCl)cs2)c1C. The summed E-state index contributed by atoms with van der Waals surface area (Å²) in [6.07, 6.45) is -0.0486. The molecule has 0 amide bonds. The molecule has 0 fully saturated rings. The van der Waals surface area contributed by atoms with Crippen molar-refractivity contribution in [2.24, 2.45) is 0 Å². The van der Waals surface area contributed by atoms with E-state index in [4.69, 9.17) is 16.3 Å². The molecule has 0 N–H and O–H groups in total. The summed E-state index contributed by atoms with van der Waals surface area (Å²) in [6, 6.07) is 6.09. The van der Waals surface area contributed by atoms with E-state index in [1.807, 2.05) is 24.4 Å². The molecule has 1 atom stereocenters. The minimum Gasteiger partial charge on any atom is -0.483 e. The zero-order chi connectivity index (χ0) is 13.1. The van der Waals surface area contributed by atoms with Crippen molar-refractivity contribution in [2.45, 2.75) is 32.8 Å². The number of benzene rings is 1. The molecule has 18 heavy (non-hydrogen) atoms. The van der Waals surface area contributed by atoms with Crippen molar-refractivity contribution in [2.75, 3.05) is 0 Å². The largest absolute Gasteiger partial charge is 0.483 e. The van der Waals surface area contributed by atoms with Gasteiger partial charge < -0.3 is 4.74 Å². The molecule has 1 unspecified atom stereocenters. The molecule has 0 saturated carbocycles. The Bertz CT molecular complexity index is 538. The van der Waals surface area contributed by atoms with Crippen LogP contribution in [0.2, 0.25) is 0 Å². The monoisotopic (exact) mass is 281 g/mol. The summed E-state index contributed by atoms with van der Waals surface area (Å²) in [6.45, 7) is 6.17. The minimum atomic E-state index is -0.0486. The predicted octanol–water partition coefficient (Wildman–Crippen LogP) is 4.64. The first kappa shape index (κ1) is 13.4. The fourth-order valence-corrected chi connectivity index (χ4v) is 2.69. The summed E-state index contributed by atoms with van der Waals surface area (Å²) in [5.74, 6) is 1.37. The Morgan fingerprint density at radius 3 is 2.83 bits per heavy atom. The summed E-state index contributed by atoms with van der Waals surface area (Å²) < 4.78 is 5.97. The number of alkyl halides is 1. The number of aryl methyl sites for hydroxylation is 1. The van der Waals surface area contributed by atoms with Gasteiger partial charge >= 0.3 is 0 Å². The van der Waals surface area contributed by atoms with Crippen LogP contribution in [-0.4, -0.2) is 4.98 Å². The van der Waals surface area contributed by atoms with Gasteiger partial charge in [0.15, 0.2) is 0 Å². The third-order valence-electron chi connectivity index (χ3n) is 2.91. The number of halogens is 1. The van der Waals surface area contributed by atoms with E-state index in [1.165, 1.54) is 11.1 Å². The van der Waals surface area contributed by atoms with Crippen LogP contribution in [0.15, 0.2) is 23.6 Å². The second-order valence-electron chi connectivity index (χ2n) is 4.27. The van der Waals surface area contributed by atoms with Gasteiger partial charge in [-0.05, 0) is 38.0 Å². The maximum Gasteiger partial charge on any atom is 0.147 e. The lowest BCUT2D eigenvalue weighted by Gasteiger charge is -2.15. The molecule has 1 heterocycles. The first-order valence-corrected chi connectivity index (χ1v) is 7.26. The lowest BCUT2D eigenvalue weighted by atomic mass is 10.1. The number of rotatable bonds is 4. The number of hydrogen-bond donors (Lipinski definition) is 0. The smallest absolute Gasteiger partial charge is 0.147 e. The van der Waals surface area contributed by atoms with Gasteiger partial charge in [-0.2, -0.15) is 0 Å². The molecule has 2 rings (SSSR count). The van der Waals surface area contributed by atoms with Crippen molar-refractivity contribution in [1.29, 1.82) is 0 Å². The van der Waals surface area contributed by atoms with Crippen molar-refractivity contribution < 1.29 is 4.74 Å². The summed E-state index contributed by atoms with van der Waals surface area (Å²) >= 11 is 7.35. The molecule has 0 aliphatic carbocycles. The standard InChI is InChI=1S/C14H16ClNOS/c1-9-5-4-6-13(10(9)2)17-11(3)14-16-12(7-15)8-18-14/h4-6,8,11H,7H2,1-3H3. The Hall–Kier alpha value is -1.06. The molecule has 96 valence electrons. The zero-order valence-electron chi connectivity index (χ0n) is 10.7. The fraction of sp³-hybridized carbons (Fsp3) is 0.357. The Morgan fingerprint density at radius 2 is 2.17 bits per heavy atom.